The van der Waals surface area contributed by atoms with E-state index in [0.717, 1.165) is 244 Å². The van der Waals surface area contributed by atoms with Crippen molar-refractivity contribution in [2.45, 2.75) is 209 Å². The third-order valence-electron chi connectivity index (χ3n) is 24.0. The molecule has 16 bridgehead atoms. The Morgan fingerprint density at radius 2 is 0.566 bits per heavy atom. The van der Waals surface area contributed by atoms with Gasteiger partial charge in [-0.25, -0.2) is 20.0 Å². The number of aryl methyl sites for hydroxylation is 4. The summed E-state index contributed by atoms with van der Waals surface area (Å²) in [6, 6.07) is 53.5. The number of nitrogens with zero attached hydrogens (tertiary/aromatic N) is 8. The Hall–Kier alpha value is -8.57. The van der Waals surface area contributed by atoms with Gasteiger partial charge in [0.25, 0.3) is 0 Å². The van der Waals surface area contributed by atoms with Gasteiger partial charge < -0.3 is 19.9 Å². The molecule has 540 valence electrons. The molecule has 0 atom stereocenters. The number of benzene rings is 4. The molecule has 18 rings (SSSR count). The Bertz CT molecular complexity index is 5100. The quantitative estimate of drug-likeness (QED) is 0.113. The fourth-order valence-corrected chi connectivity index (χ4v) is 19.2. The molecule has 9 aromatic rings. The van der Waals surface area contributed by atoms with E-state index in [1.165, 1.54) is 134 Å². The molecule has 0 fully saturated rings. The molecule has 0 unspecified atom stereocenters. The molecule has 0 N–H and O–H groups in total. The van der Waals surface area contributed by atoms with Gasteiger partial charge in [-0.15, -0.1) is 44.2 Å². The topological polar surface area (TPSA) is 107 Å². The number of aromatic nitrogens is 6. The largest absolute Gasteiger partial charge is 2.00 e. The van der Waals surface area contributed by atoms with Gasteiger partial charge in [-0.2, -0.15) is 0 Å². The standard InChI is InChI=1S/C60H52N4.C36H44N4.Pd.Pt/c1-5-21-37(22-6-1)49-53-41-29-13-15-31-43(41)55(61-53)50(38-23-7-2-8-24-38)57-45-33-17-19-35-47(45)59(63-57)52(40-27-11-4-12-28-40)60-48-36-20-18-34-46(48)58(64-60)51(39-25-9-3-10-26-39)56-44-32-16-14-30-42(44)54(49)62-56;1-9-21-22(10-2)30-18-32-25(13-5)26(14-6)34(39-32)20-36-28(16-8)27(15-7)35(40-36)19-33-24(12-4)23(11-3)31(38-33)17-29(21)37-30;;/h1-12,21-28H,13-20,29-36H2;17-20H,9-16H2,1-8H3;;/q2*-2;2*+2. The zero-order chi connectivity index (χ0) is 70.7. The second kappa shape index (κ2) is 31.3. The average molecular weight is 1660 g/mol. The van der Waals surface area contributed by atoms with Gasteiger partial charge >= 0.3 is 41.5 Å². The molecule has 8 nitrogen and oxygen atoms in total. The molecule has 0 saturated carbocycles. The van der Waals surface area contributed by atoms with E-state index in [1.807, 2.05) is 0 Å². The molecule has 9 aliphatic rings. The summed E-state index contributed by atoms with van der Waals surface area (Å²) in [6.45, 7) is 17.9. The van der Waals surface area contributed by atoms with Gasteiger partial charge in [0.15, 0.2) is 0 Å². The van der Waals surface area contributed by atoms with E-state index in [-0.39, 0.29) is 41.5 Å². The number of aliphatic imine (C=N–C) groups is 2. The van der Waals surface area contributed by atoms with Crippen LogP contribution in [0.4, 0.5) is 0 Å². The van der Waals surface area contributed by atoms with Crippen LogP contribution >= 0.6 is 0 Å². The van der Waals surface area contributed by atoms with Crippen molar-refractivity contribution in [2.24, 2.45) is 9.98 Å². The third kappa shape index (κ3) is 12.6. The first kappa shape index (κ1) is 73.0. The van der Waals surface area contributed by atoms with Crippen LogP contribution in [-0.4, -0.2) is 21.4 Å². The fourth-order valence-electron chi connectivity index (χ4n) is 19.2. The monoisotopic (exact) mass is 1660 g/mol. The van der Waals surface area contributed by atoms with Crippen LogP contribution < -0.4 is 30.6 Å². The van der Waals surface area contributed by atoms with Crippen molar-refractivity contribution < 1.29 is 41.5 Å². The average Bonchev–Trinajstić information content (AvgIpc) is 1.56. The van der Waals surface area contributed by atoms with Crippen molar-refractivity contribution in [2.75, 3.05) is 0 Å². The molecule has 4 aliphatic heterocycles. The van der Waals surface area contributed by atoms with Crippen molar-refractivity contribution in [3.8, 4) is 0 Å². The molecule has 0 saturated heterocycles. The number of hydrogen-bond donors (Lipinski definition) is 0. The van der Waals surface area contributed by atoms with Crippen LogP contribution in [0.1, 0.15) is 259 Å². The van der Waals surface area contributed by atoms with E-state index in [4.69, 9.17) is 39.9 Å². The van der Waals surface area contributed by atoms with Crippen LogP contribution in [0.3, 0.4) is 0 Å². The van der Waals surface area contributed by atoms with E-state index in [0.29, 0.717) is 0 Å². The molecule has 0 amide bonds. The summed E-state index contributed by atoms with van der Waals surface area (Å²) in [5, 5.41) is 2.25. The van der Waals surface area contributed by atoms with Gasteiger partial charge in [0.1, 0.15) is 0 Å². The first-order valence-corrected chi connectivity index (χ1v) is 39.8. The zero-order valence-corrected chi connectivity index (χ0v) is 66.9. The van der Waals surface area contributed by atoms with Gasteiger partial charge in [-0.05, 0) is 243 Å². The minimum atomic E-state index is 0. The van der Waals surface area contributed by atoms with Crippen LogP contribution in [0.5, 0.6) is 0 Å². The summed E-state index contributed by atoms with van der Waals surface area (Å²) in [6.07, 6.45) is 25.0. The van der Waals surface area contributed by atoms with Crippen molar-refractivity contribution in [1.29, 1.82) is 0 Å². The summed E-state index contributed by atoms with van der Waals surface area (Å²) in [5.74, 6) is 0. The van der Waals surface area contributed by atoms with Crippen molar-refractivity contribution in [3.63, 3.8) is 0 Å². The van der Waals surface area contributed by atoms with E-state index in [1.54, 1.807) is 0 Å². The predicted octanol–water partition coefficient (Wildman–Crippen LogP) is 20.9. The van der Waals surface area contributed by atoms with Gasteiger partial charge in [-0.1, -0.05) is 245 Å². The molecule has 9 heterocycles. The number of hydrogen-bond acceptors (Lipinski definition) is 4. The second-order valence-corrected chi connectivity index (χ2v) is 29.6. The fraction of sp³-hybridized carbons (Fsp3) is 0.333. The van der Waals surface area contributed by atoms with E-state index in [9.17, 15) is 0 Å². The number of rotatable bonds is 12. The van der Waals surface area contributed by atoms with Gasteiger partial charge in [0, 0.05) is 0 Å². The second-order valence-electron chi connectivity index (χ2n) is 29.6. The minimum Gasteiger partial charge on any atom is -0.657 e. The van der Waals surface area contributed by atoms with Crippen molar-refractivity contribution >= 4 is 78.1 Å². The molecule has 5 aliphatic carbocycles. The third-order valence-corrected chi connectivity index (χ3v) is 24.0. The van der Waals surface area contributed by atoms with Gasteiger partial charge in [-0.3, -0.25) is 0 Å². The van der Waals surface area contributed by atoms with E-state index >= 15 is 0 Å². The summed E-state index contributed by atoms with van der Waals surface area (Å²) < 4.78 is 0. The Morgan fingerprint density at radius 1 is 0.292 bits per heavy atom. The Kier molecular flexibility index (Phi) is 21.6. The smallest absolute Gasteiger partial charge is 0.657 e. The molecular weight excluding hydrogens is 1570 g/mol. The summed E-state index contributed by atoms with van der Waals surface area (Å²) in [7, 11) is 0. The molecule has 5 aromatic heterocycles. The molecule has 0 radical (unpaired) electrons. The normalized spacial score (nSPS) is 16.8. The summed E-state index contributed by atoms with van der Waals surface area (Å²) >= 11 is 0. The van der Waals surface area contributed by atoms with E-state index in [2.05, 4.69) is 201 Å². The van der Waals surface area contributed by atoms with E-state index < -0.39 is 0 Å². The molecule has 106 heavy (non-hydrogen) atoms. The molecular formula is C96H96N8PdPt. The van der Waals surface area contributed by atoms with Crippen LogP contribution in [0.15, 0.2) is 189 Å². The maximum Gasteiger partial charge on any atom is 2.00 e. The zero-order valence-electron chi connectivity index (χ0n) is 63.0. The predicted molar refractivity (Wildman–Crippen MR) is 432 cm³/mol. The number of allylic oxidation sites excluding steroid dienone is 8. The Balaban J connectivity index is 0.000000186. The Labute approximate surface area is 654 Å². The maximum absolute atomic E-state index is 6.05. The van der Waals surface area contributed by atoms with Crippen LogP contribution in [0.25, 0.3) is 66.7 Å². The minimum absolute atomic E-state index is 0. The van der Waals surface area contributed by atoms with Crippen molar-refractivity contribution in [1.82, 2.24) is 29.9 Å². The van der Waals surface area contributed by atoms with Crippen LogP contribution in [0.2, 0.25) is 0 Å². The molecule has 0 spiro atoms. The molecule has 4 aromatic carbocycles. The van der Waals surface area contributed by atoms with Crippen LogP contribution in [0, 0.1) is 0 Å². The van der Waals surface area contributed by atoms with Crippen molar-refractivity contribution in [3.05, 3.63) is 291 Å². The first-order chi connectivity index (χ1) is 51.3. The first-order valence-electron chi connectivity index (χ1n) is 39.8. The molecule has 10 heteroatoms. The SMILES string of the molecule is CCC1=C(CC)c2cc3[n-]c(cc4nc(cc5[n-]c(cc1n2)c(CC)c5CC)C(CC)=C4CC)c(CC)c3CC.[Pd+2].[Pt+2].c1ccc(C2=C3N=C(C4=C3CCCC4)C(c3ccccc3)=c3[n-]c(c4c3CCCC4)=C(c3ccccc3)C3=NC(=C(c4ccccc4)c4[n-]c2c2c4CCCC2)C2=C3CCCC2)cc1. The van der Waals surface area contributed by atoms with Gasteiger partial charge in [0.2, 0.25) is 0 Å². The summed E-state index contributed by atoms with van der Waals surface area (Å²) in [4.78, 5) is 45.2. The maximum atomic E-state index is 6.05. The van der Waals surface area contributed by atoms with Crippen LogP contribution in [-0.2, 0) is 92.9 Å². The summed E-state index contributed by atoms with van der Waals surface area (Å²) in [5.41, 5.74) is 46.7. The Morgan fingerprint density at radius 3 is 0.858 bits per heavy atom. The number of fused-ring (bicyclic) bond motifs is 8. The van der Waals surface area contributed by atoms with Gasteiger partial charge in [0.05, 0.1) is 45.6 Å².